The van der Waals surface area contributed by atoms with Crippen LogP contribution in [0.25, 0.3) is 22.4 Å². The maximum absolute atomic E-state index is 14.5. The Morgan fingerprint density at radius 2 is 1.77 bits per heavy atom. The number of ether oxygens (including phenoxy) is 2. The molecule has 0 aliphatic heterocycles. The molecule has 0 radical (unpaired) electrons. The third-order valence-corrected chi connectivity index (χ3v) is 8.94. The van der Waals surface area contributed by atoms with Crippen molar-refractivity contribution in [1.82, 2.24) is 9.29 Å². The van der Waals surface area contributed by atoms with Gasteiger partial charge in [-0.25, -0.2) is 17.8 Å². The molecule has 248 valence electrons. The number of aromatic nitrogens is 1. The van der Waals surface area contributed by atoms with Gasteiger partial charge in [-0.05, 0) is 86.0 Å². The fraction of sp³-hybridized carbons (Fsp3) is 0.158. The Morgan fingerprint density at radius 1 is 1.04 bits per heavy atom. The molecule has 2 unspecified atom stereocenters. The van der Waals surface area contributed by atoms with Crippen LogP contribution >= 0.6 is 11.6 Å². The van der Waals surface area contributed by atoms with Gasteiger partial charge in [-0.15, -0.1) is 0 Å². The lowest BCUT2D eigenvalue weighted by atomic mass is 9.94. The second kappa shape index (κ2) is 16.3. The average molecular weight is 689 g/mol. The first-order valence-corrected chi connectivity index (χ1v) is 16.3. The van der Waals surface area contributed by atoms with Crippen LogP contribution in [0.2, 0.25) is 5.02 Å². The van der Waals surface area contributed by atoms with Crippen molar-refractivity contribution in [2.75, 3.05) is 14.2 Å². The zero-order chi connectivity index (χ0) is 35.0. The largest absolute Gasteiger partial charge is 0.494 e. The SMILES string of the molecule is C=C(F)/C=C(C)/C(=C(/c1cccc(-c2ccc(C(=O)OC)cc2Cl)c1)N(/C=C/C)S(=O)c1ccc(C(C)F)cc1)c1ncccc1OC. The first kappa shape index (κ1) is 36.0. The molecule has 1 aromatic heterocycles. The number of carbonyl (C=O) groups is 1. The van der Waals surface area contributed by atoms with Gasteiger partial charge in [-0.2, -0.15) is 0 Å². The standard InChI is InChI=1S/C38H35ClF2N2O4S/c1-7-20-43(48(45)31-16-13-27(14-17-31)26(4)41)37(35(24(2)21-25(3)40)36-34(46-5)12-9-19-42-36)29-11-8-10-28(22-29)32-18-15-30(23-33(32)39)38(44)47-6/h7-23,26H,3H2,1-2,4-6H3/b20-7+,24-21+,37-35+. The molecule has 6 nitrogen and oxygen atoms in total. The molecule has 0 aliphatic carbocycles. The van der Waals surface area contributed by atoms with E-state index in [1.54, 1.807) is 85.2 Å². The summed E-state index contributed by atoms with van der Waals surface area (Å²) in [4.78, 5) is 17.2. The average Bonchev–Trinajstić information content (AvgIpc) is 3.08. The lowest BCUT2D eigenvalue weighted by Gasteiger charge is -2.27. The van der Waals surface area contributed by atoms with Gasteiger partial charge in [0.05, 0.1) is 30.4 Å². The van der Waals surface area contributed by atoms with Gasteiger partial charge in [-0.1, -0.05) is 60.7 Å². The maximum Gasteiger partial charge on any atom is 0.337 e. The summed E-state index contributed by atoms with van der Waals surface area (Å²) >= 11 is 6.68. The van der Waals surface area contributed by atoms with Crippen LogP contribution in [0.15, 0.2) is 126 Å². The number of hydrogen-bond acceptors (Lipinski definition) is 5. The highest BCUT2D eigenvalue weighted by Crippen LogP contribution is 2.41. The second-order valence-electron chi connectivity index (χ2n) is 10.6. The molecule has 0 aliphatic rings. The fourth-order valence-corrected chi connectivity index (χ4v) is 6.54. The molecule has 10 heteroatoms. The minimum Gasteiger partial charge on any atom is -0.494 e. The number of pyridine rings is 1. The van der Waals surface area contributed by atoms with Crippen molar-refractivity contribution in [2.45, 2.75) is 31.8 Å². The summed E-state index contributed by atoms with van der Waals surface area (Å²) in [6, 6.07) is 22.0. The number of nitrogens with zero attached hydrogens (tertiary/aromatic N) is 2. The van der Waals surface area contributed by atoms with E-state index in [9.17, 15) is 17.8 Å². The van der Waals surface area contributed by atoms with Crippen molar-refractivity contribution < 1.29 is 27.3 Å². The molecule has 48 heavy (non-hydrogen) atoms. The summed E-state index contributed by atoms with van der Waals surface area (Å²) < 4.78 is 55.1. The van der Waals surface area contributed by atoms with Crippen molar-refractivity contribution in [3.8, 4) is 16.9 Å². The summed E-state index contributed by atoms with van der Waals surface area (Å²) in [6.07, 6.45) is 5.02. The van der Waals surface area contributed by atoms with Gasteiger partial charge < -0.3 is 9.47 Å². The third-order valence-electron chi connectivity index (χ3n) is 7.29. The monoisotopic (exact) mass is 688 g/mol. The molecule has 4 rings (SSSR count). The van der Waals surface area contributed by atoms with Crippen molar-refractivity contribution in [3.63, 3.8) is 0 Å². The molecular formula is C38H35ClF2N2O4S. The van der Waals surface area contributed by atoms with Gasteiger partial charge in [0, 0.05) is 34.1 Å². The van der Waals surface area contributed by atoms with E-state index in [4.69, 9.17) is 21.1 Å². The summed E-state index contributed by atoms with van der Waals surface area (Å²) in [6.45, 7) is 8.35. The number of hydrogen-bond donors (Lipinski definition) is 0. The Balaban J connectivity index is 2.09. The summed E-state index contributed by atoms with van der Waals surface area (Å²) in [7, 11) is 0.900. The van der Waals surface area contributed by atoms with Gasteiger partial charge >= 0.3 is 5.97 Å². The van der Waals surface area contributed by atoms with E-state index < -0.39 is 29.0 Å². The molecule has 0 spiro atoms. The van der Waals surface area contributed by atoms with Crippen molar-refractivity contribution >= 4 is 39.8 Å². The normalized spacial score (nSPS) is 13.5. The van der Waals surface area contributed by atoms with E-state index in [1.165, 1.54) is 33.3 Å². The van der Waals surface area contributed by atoms with E-state index in [0.717, 1.165) is 0 Å². The van der Waals surface area contributed by atoms with E-state index >= 15 is 0 Å². The van der Waals surface area contributed by atoms with E-state index in [-0.39, 0.29) is 0 Å². The van der Waals surface area contributed by atoms with Crippen molar-refractivity contribution in [1.29, 1.82) is 0 Å². The van der Waals surface area contributed by atoms with Gasteiger partial charge in [0.2, 0.25) is 0 Å². The minimum absolute atomic E-state index is 0.294. The van der Waals surface area contributed by atoms with E-state index in [0.29, 0.717) is 66.0 Å². The number of allylic oxidation sites excluding steroid dienone is 5. The molecular weight excluding hydrogens is 654 g/mol. The number of benzene rings is 3. The Morgan fingerprint density at radius 3 is 2.38 bits per heavy atom. The number of rotatable bonds is 12. The summed E-state index contributed by atoms with van der Waals surface area (Å²) in [5.74, 6) is -0.820. The highest BCUT2D eigenvalue weighted by atomic mass is 35.5. The van der Waals surface area contributed by atoms with Crippen LogP contribution in [0.4, 0.5) is 8.78 Å². The smallest absolute Gasteiger partial charge is 0.337 e. The predicted octanol–water partition coefficient (Wildman–Crippen LogP) is 10.1. The zero-order valence-electron chi connectivity index (χ0n) is 27.2. The molecule has 2 atom stereocenters. The summed E-state index contributed by atoms with van der Waals surface area (Å²) in [5.41, 5.74) is 4.22. The minimum atomic E-state index is -1.89. The quantitative estimate of drug-likeness (QED) is 0.109. The van der Waals surface area contributed by atoms with Gasteiger partial charge in [0.1, 0.15) is 23.4 Å². The number of methoxy groups -OCH3 is 2. The Bertz CT molecular complexity index is 1940. The molecule has 0 amide bonds. The van der Waals surface area contributed by atoms with Gasteiger partial charge in [-0.3, -0.25) is 9.29 Å². The van der Waals surface area contributed by atoms with Crippen LogP contribution in [0.1, 0.15) is 54.1 Å². The molecule has 1 heterocycles. The first-order valence-electron chi connectivity index (χ1n) is 14.8. The van der Waals surface area contributed by atoms with Crippen LogP contribution in [-0.2, 0) is 15.7 Å². The van der Waals surface area contributed by atoms with Crippen LogP contribution < -0.4 is 4.74 Å². The summed E-state index contributed by atoms with van der Waals surface area (Å²) in [5, 5.41) is 0.313. The molecule has 3 aromatic carbocycles. The van der Waals surface area contributed by atoms with E-state index in [2.05, 4.69) is 11.6 Å². The highest BCUT2D eigenvalue weighted by Gasteiger charge is 2.27. The topological polar surface area (TPSA) is 68.7 Å². The third kappa shape index (κ3) is 8.16. The van der Waals surface area contributed by atoms with Crippen molar-refractivity contribution in [2.24, 2.45) is 0 Å². The van der Waals surface area contributed by atoms with Crippen LogP contribution in [0, 0.1) is 0 Å². The number of alkyl halides is 1. The maximum atomic E-state index is 14.5. The van der Waals surface area contributed by atoms with Crippen molar-refractivity contribution in [3.05, 3.63) is 149 Å². The Hall–Kier alpha value is -4.86. The van der Waals surface area contributed by atoms with Crippen LogP contribution in [0.3, 0.4) is 0 Å². The molecule has 0 saturated heterocycles. The van der Waals surface area contributed by atoms with E-state index in [1.807, 2.05) is 24.3 Å². The zero-order valence-corrected chi connectivity index (χ0v) is 28.7. The van der Waals surface area contributed by atoms with Crippen LogP contribution in [-0.4, -0.2) is 33.7 Å². The predicted molar refractivity (Wildman–Crippen MR) is 189 cm³/mol. The molecule has 0 bridgehead atoms. The molecule has 0 saturated carbocycles. The lowest BCUT2D eigenvalue weighted by molar-refractivity contribution is 0.0600. The fourth-order valence-electron chi connectivity index (χ4n) is 5.06. The molecule has 0 N–H and O–H groups in total. The first-order chi connectivity index (χ1) is 23.0. The van der Waals surface area contributed by atoms with Gasteiger partial charge in [0.25, 0.3) is 0 Å². The lowest BCUT2D eigenvalue weighted by Crippen LogP contribution is -2.21. The molecule has 0 fully saturated rings. The van der Waals surface area contributed by atoms with Crippen LogP contribution in [0.5, 0.6) is 5.75 Å². The molecule has 4 aromatic rings. The highest BCUT2D eigenvalue weighted by molar-refractivity contribution is 7.83. The second-order valence-corrected chi connectivity index (χ2v) is 12.3. The number of halogens is 3. The van der Waals surface area contributed by atoms with Gasteiger partial charge in [0.15, 0.2) is 11.0 Å². The number of esters is 1. The Kier molecular flexibility index (Phi) is 12.2. The Labute approximate surface area is 287 Å². The number of carbonyl (C=O) groups excluding carboxylic acids is 1.